The first-order valence-electron chi connectivity index (χ1n) is 12.3. The van der Waals surface area contributed by atoms with E-state index >= 15 is 0 Å². The van der Waals surface area contributed by atoms with Crippen molar-refractivity contribution in [1.29, 1.82) is 0 Å². The standard InChI is InChI=1S/C28H29N3O4/c1-2-35-28(34)24-21-16-17-31(25(21)19-12-6-8-14-22(19)29-24)27(33)20-13-7-9-15-23(20)30-26(32)18-10-4-3-5-11-18/h3-6,8,10-12,14,20,23H,2,7,9,13,15-17H2,1H3,(H,30,32). The molecule has 2 amide bonds. The lowest BCUT2D eigenvalue weighted by Crippen LogP contribution is -2.49. The normalized spacial score (nSPS) is 19.3. The number of nitrogens with one attached hydrogen (secondary N) is 1. The summed E-state index contributed by atoms with van der Waals surface area (Å²) in [6.07, 6.45) is 3.94. The van der Waals surface area contributed by atoms with E-state index in [1.165, 1.54) is 0 Å². The molecular formula is C28H29N3O4. The minimum Gasteiger partial charge on any atom is -0.461 e. The summed E-state index contributed by atoms with van der Waals surface area (Å²) in [5, 5.41) is 3.97. The number of carbonyl (C=O) groups is 3. The highest BCUT2D eigenvalue weighted by Gasteiger charge is 2.39. The van der Waals surface area contributed by atoms with Gasteiger partial charge in [-0.3, -0.25) is 9.59 Å². The maximum Gasteiger partial charge on any atom is 0.357 e. The highest BCUT2D eigenvalue weighted by molar-refractivity contribution is 6.09. The van der Waals surface area contributed by atoms with Crippen LogP contribution in [0.2, 0.25) is 0 Å². The lowest BCUT2D eigenvalue weighted by atomic mass is 9.83. The van der Waals surface area contributed by atoms with Crippen molar-refractivity contribution in [3.8, 4) is 0 Å². The fraction of sp³-hybridized carbons (Fsp3) is 0.357. The fourth-order valence-corrected chi connectivity index (χ4v) is 5.34. The molecule has 2 unspecified atom stereocenters. The number of benzene rings is 2. The van der Waals surface area contributed by atoms with Gasteiger partial charge in [-0.15, -0.1) is 0 Å². The third-order valence-electron chi connectivity index (χ3n) is 6.99. The number of pyridine rings is 1. The number of anilines is 1. The van der Waals surface area contributed by atoms with Gasteiger partial charge in [0.15, 0.2) is 5.69 Å². The molecule has 1 saturated carbocycles. The Bertz CT molecular complexity index is 1270. The molecule has 1 N–H and O–H groups in total. The minimum absolute atomic E-state index is 0.00651. The van der Waals surface area contributed by atoms with Crippen LogP contribution in [-0.4, -0.2) is 42.0 Å². The molecule has 2 heterocycles. The minimum atomic E-state index is -0.463. The van der Waals surface area contributed by atoms with E-state index in [0.29, 0.717) is 24.0 Å². The lowest BCUT2D eigenvalue weighted by molar-refractivity contribution is -0.123. The molecule has 0 spiro atoms. The van der Waals surface area contributed by atoms with Gasteiger partial charge in [-0.1, -0.05) is 49.2 Å². The maximum atomic E-state index is 14.0. The molecule has 5 rings (SSSR count). The van der Waals surface area contributed by atoms with Crippen molar-refractivity contribution in [2.45, 2.75) is 45.1 Å². The predicted molar refractivity (Wildman–Crippen MR) is 133 cm³/mol. The third-order valence-corrected chi connectivity index (χ3v) is 6.99. The molecule has 180 valence electrons. The van der Waals surface area contributed by atoms with Crippen molar-refractivity contribution in [3.05, 3.63) is 71.4 Å². The van der Waals surface area contributed by atoms with E-state index in [0.717, 1.165) is 42.3 Å². The molecule has 2 atom stereocenters. The number of aromatic nitrogens is 1. The Morgan fingerprint density at radius 2 is 1.77 bits per heavy atom. The van der Waals surface area contributed by atoms with Crippen LogP contribution in [0.15, 0.2) is 54.6 Å². The van der Waals surface area contributed by atoms with E-state index in [-0.39, 0.29) is 36.1 Å². The van der Waals surface area contributed by atoms with E-state index < -0.39 is 5.97 Å². The molecule has 2 aromatic carbocycles. The summed E-state index contributed by atoms with van der Waals surface area (Å²) < 4.78 is 5.26. The number of ether oxygens (including phenoxy) is 1. The molecule has 0 bridgehead atoms. The summed E-state index contributed by atoms with van der Waals surface area (Å²) in [6, 6.07) is 16.4. The highest BCUT2D eigenvalue weighted by Crippen LogP contribution is 2.39. The van der Waals surface area contributed by atoms with Crippen molar-refractivity contribution in [3.63, 3.8) is 0 Å². The molecule has 1 aromatic heterocycles. The molecule has 2 aliphatic rings. The smallest absolute Gasteiger partial charge is 0.357 e. The molecule has 0 radical (unpaired) electrons. The molecule has 7 nitrogen and oxygen atoms in total. The van der Waals surface area contributed by atoms with E-state index in [2.05, 4.69) is 10.3 Å². The van der Waals surface area contributed by atoms with E-state index in [1.54, 1.807) is 24.0 Å². The van der Waals surface area contributed by atoms with Crippen LogP contribution >= 0.6 is 0 Å². The number of carbonyl (C=O) groups excluding carboxylic acids is 3. The quantitative estimate of drug-likeness (QED) is 0.561. The number of rotatable bonds is 5. The van der Waals surface area contributed by atoms with Crippen LogP contribution in [0.3, 0.4) is 0 Å². The van der Waals surface area contributed by atoms with Crippen LogP contribution < -0.4 is 10.2 Å². The zero-order chi connectivity index (χ0) is 24.4. The third kappa shape index (κ3) is 4.38. The van der Waals surface area contributed by atoms with Crippen LogP contribution in [0.4, 0.5) is 5.69 Å². The zero-order valence-electron chi connectivity index (χ0n) is 19.8. The number of amides is 2. The molecule has 35 heavy (non-hydrogen) atoms. The number of para-hydroxylation sites is 1. The summed E-state index contributed by atoms with van der Waals surface area (Å²) in [7, 11) is 0. The average molecular weight is 472 g/mol. The van der Waals surface area contributed by atoms with Crippen molar-refractivity contribution >= 4 is 34.4 Å². The van der Waals surface area contributed by atoms with Gasteiger partial charge >= 0.3 is 5.97 Å². The van der Waals surface area contributed by atoms with Gasteiger partial charge in [-0.2, -0.15) is 0 Å². The number of fused-ring (bicyclic) bond motifs is 3. The summed E-state index contributed by atoms with van der Waals surface area (Å²) in [5.74, 6) is -0.945. The first kappa shape index (κ1) is 23.0. The number of hydrogen-bond acceptors (Lipinski definition) is 5. The van der Waals surface area contributed by atoms with Crippen molar-refractivity contribution < 1.29 is 19.1 Å². The van der Waals surface area contributed by atoms with Gasteiger partial charge in [0.05, 0.1) is 23.7 Å². The Hall–Kier alpha value is -3.74. The summed E-state index contributed by atoms with van der Waals surface area (Å²) in [4.78, 5) is 45.9. The first-order chi connectivity index (χ1) is 17.1. The van der Waals surface area contributed by atoms with Gasteiger partial charge in [0.2, 0.25) is 5.91 Å². The largest absolute Gasteiger partial charge is 0.461 e. The van der Waals surface area contributed by atoms with Crippen LogP contribution in [0.25, 0.3) is 10.9 Å². The maximum absolute atomic E-state index is 14.0. The Morgan fingerprint density at radius 3 is 2.57 bits per heavy atom. The number of nitrogens with zero attached hydrogens (tertiary/aromatic N) is 2. The second kappa shape index (κ2) is 9.86. The van der Waals surface area contributed by atoms with Crippen molar-refractivity contribution in [1.82, 2.24) is 10.3 Å². The van der Waals surface area contributed by atoms with Gasteiger partial charge in [0, 0.05) is 29.1 Å². The van der Waals surface area contributed by atoms with Crippen LogP contribution in [0.1, 0.15) is 59.0 Å². The van der Waals surface area contributed by atoms with Gasteiger partial charge in [0.1, 0.15) is 0 Å². The van der Waals surface area contributed by atoms with Gasteiger partial charge < -0.3 is 15.0 Å². The van der Waals surface area contributed by atoms with Crippen LogP contribution in [-0.2, 0) is 16.0 Å². The van der Waals surface area contributed by atoms with Gasteiger partial charge in [-0.25, -0.2) is 9.78 Å². The molecule has 1 aliphatic carbocycles. The van der Waals surface area contributed by atoms with E-state index in [9.17, 15) is 14.4 Å². The van der Waals surface area contributed by atoms with Crippen molar-refractivity contribution in [2.24, 2.45) is 5.92 Å². The summed E-state index contributed by atoms with van der Waals surface area (Å²) in [5.41, 5.74) is 3.05. The van der Waals surface area contributed by atoms with Crippen LogP contribution in [0.5, 0.6) is 0 Å². The Balaban J connectivity index is 1.48. The fourth-order valence-electron chi connectivity index (χ4n) is 5.34. The lowest BCUT2D eigenvalue weighted by Gasteiger charge is -2.34. The Kier molecular flexibility index (Phi) is 6.49. The molecular weight excluding hydrogens is 442 g/mol. The van der Waals surface area contributed by atoms with Gasteiger partial charge in [0.25, 0.3) is 5.91 Å². The van der Waals surface area contributed by atoms with E-state index in [4.69, 9.17) is 4.74 Å². The number of hydrogen-bond donors (Lipinski definition) is 1. The highest BCUT2D eigenvalue weighted by atomic mass is 16.5. The molecule has 0 saturated heterocycles. The second-order valence-corrected chi connectivity index (χ2v) is 9.10. The molecule has 1 aliphatic heterocycles. The van der Waals surface area contributed by atoms with Crippen molar-refractivity contribution in [2.75, 3.05) is 18.1 Å². The molecule has 3 aromatic rings. The second-order valence-electron chi connectivity index (χ2n) is 9.10. The summed E-state index contributed by atoms with van der Waals surface area (Å²) in [6.45, 7) is 2.50. The molecule has 7 heteroatoms. The summed E-state index contributed by atoms with van der Waals surface area (Å²) >= 11 is 0. The Labute approximate surface area is 204 Å². The monoisotopic (exact) mass is 471 g/mol. The first-order valence-corrected chi connectivity index (χ1v) is 12.3. The SMILES string of the molecule is CCOC(=O)c1nc2ccccc2c2c1CCN2C(=O)C1CCCCC1NC(=O)c1ccccc1. The zero-order valence-corrected chi connectivity index (χ0v) is 19.8. The van der Waals surface area contributed by atoms with E-state index in [1.807, 2.05) is 42.5 Å². The Morgan fingerprint density at radius 1 is 1.03 bits per heavy atom. The van der Waals surface area contributed by atoms with Gasteiger partial charge in [-0.05, 0) is 44.4 Å². The average Bonchev–Trinajstić information content (AvgIpc) is 3.34. The number of esters is 1. The van der Waals surface area contributed by atoms with Crippen LogP contribution in [0, 0.1) is 5.92 Å². The topological polar surface area (TPSA) is 88.6 Å². The predicted octanol–water partition coefficient (Wildman–Crippen LogP) is 4.29. The molecule has 1 fully saturated rings.